The zero-order chi connectivity index (χ0) is 14.3. The fourth-order valence-electron chi connectivity index (χ4n) is 1.72. The zero-order valence-electron chi connectivity index (χ0n) is 11.2. The maximum atomic E-state index is 11.9. The highest BCUT2D eigenvalue weighted by Crippen LogP contribution is 2.14. The van der Waals surface area contributed by atoms with E-state index >= 15 is 0 Å². The highest BCUT2D eigenvalue weighted by molar-refractivity contribution is 5.92. The molecular weight excluding hydrogens is 242 g/mol. The second-order valence-electron chi connectivity index (χ2n) is 4.48. The van der Waals surface area contributed by atoms with Gasteiger partial charge in [-0.05, 0) is 30.2 Å². The third kappa shape index (κ3) is 5.38. The molecule has 0 bridgehead atoms. The van der Waals surface area contributed by atoms with E-state index in [1.54, 1.807) is 24.3 Å². The molecule has 0 radical (unpaired) electrons. The van der Waals surface area contributed by atoms with Gasteiger partial charge in [0.1, 0.15) is 0 Å². The minimum Gasteiger partial charge on any atom is -0.478 e. The lowest BCUT2D eigenvalue weighted by Gasteiger charge is -2.11. The molecule has 102 valence electrons. The summed E-state index contributed by atoms with van der Waals surface area (Å²) in [6.07, 6.45) is 4.38. The number of carbonyl (C=O) groups excluding carboxylic acids is 1. The standard InChI is InChI=1S/C15H19NO3/c1-3-5-11(2)15(19)16-13-7-4-6-12(10-13)8-9-14(17)18/h4,6-11H,3,5H2,1-2H3,(H,16,19)(H,17,18)/b9-8+. The number of carboxylic acid groups (broad SMARTS) is 1. The van der Waals surface area contributed by atoms with Gasteiger partial charge in [-0.15, -0.1) is 0 Å². The minimum atomic E-state index is -0.994. The van der Waals surface area contributed by atoms with Crippen LogP contribution in [0.5, 0.6) is 0 Å². The van der Waals surface area contributed by atoms with Gasteiger partial charge in [-0.2, -0.15) is 0 Å². The van der Waals surface area contributed by atoms with Gasteiger partial charge in [-0.25, -0.2) is 4.79 Å². The summed E-state index contributed by atoms with van der Waals surface area (Å²) in [4.78, 5) is 22.3. The van der Waals surface area contributed by atoms with Crippen LogP contribution in [0.3, 0.4) is 0 Å². The van der Waals surface area contributed by atoms with Crippen molar-refractivity contribution < 1.29 is 14.7 Å². The van der Waals surface area contributed by atoms with Crippen molar-refractivity contribution in [3.63, 3.8) is 0 Å². The number of carboxylic acids is 1. The molecule has 1 aromatic carbocycles. The van der Waals surface area contributed by atoms with Crippen molar-refractivity contribution in [1.29, 1.82) is 0 Å². The van der Waals surface area contributed by atoms with E-state index in [1.807, 2.05) is 13.8 Å². The molecule has 1 aromatic rings. The van der Waals surface area contributed by atoms with Gasteiger partial charge >= 0.3 is 5.97 Å². The summed E-state index contributed by atoms with van der Waals surface area (Å²) in [5, 5.41) is 11.4. The highest BCUT2D eigenvalue weighted by atomic mass is 16.4. The van der Waals surface area contributed by atoms with Crippen LogP contribution >= 0.6 is 0 Å². The Labute approximate surface area is 113 Å². The fraction of sp³-hybridized carbons (Fsp3) is 0.333. The van der Waals surface area contributed by atoms with Crippen molar-refractivity contribution in [1.82, 2.24) is 0 Å². The normalized spacial score (nSPS) is 12.3. The van der Waals surface area contributed by atoms with Crippen molar-refractivity contribution in [2.75, 3.05) is 5.32 Å². The summed E-state index contributed by atoms with van der Waals surface area (Å²) in [6, 6.07) is 7.09. The summed E-state index contributed by atoms with van der Waals surface area (Å²) in [5.41, 5.74) is 1.42. The Hall–Kier alpha value is -2.10. The average Bonchev–Trinajstić information content (AvgIpc) is 2.37. The number of anilines is 1. The number of nitrogens with one attached hydrogen (secondary N) is 1. The summed E-state index contributed by atoms with van der Waals surface area (Å²) in [7, 11) is 0. The first-order chi connectivity index (χ1) is 9.02. The lowest BCUT2D eigenvalue weighted by atomic mass is 10.1. The van der Waals surface area contributed by atoms with Crippen molar-refractivity contribution in [3.8, 4) is 0 Å². The third-order valence-corrected chi connectivity index (χ3v) is 2.74. The number of aliphatic carboxylic acids is 1. The molecular formula is C15H19NO3. The Balaban J connectivity index is 2.72. The van der Waals surface area contributed by atoms with Gasteiger partial charge in [0.05, 0.1) is 0 Å². The molecule has 0 heterocycles. The van der Waals surface area contributed by atoms with E-state index < -0.39 is 5.97 Å². The molecule has 0 saturated heterocycles. The first-order valence-corrected chi connectivity index (χ1v) is 6.35. The minimum absolute atomic E-state index is 0.0128. The number of hydrogen-bond donors (Lipinski definition) is 2. The fourth-order valence-corrected chi connectivity index (χ4v) is 1.72. The Kier molecular flexibility index (Phi) is 5.79. The molecule has 4 nitrogen and oxygen atoms in total. The van der Waals surface area contributed by atoms with Crippen molar-refractivity contribution >= 4 is 23.6 Å². The molecule has 0 aliphatic rings. The Morgan fingerprint density at radius 3 is 2.79 bits per heavy atom. The van der Waals surface area contributed by atoms with E-state index in [4.69, 9.17) is 5.11 Å². The van der Waals surface area contributed by atoms with E-state index in [0.29, 0.717) is 5.69 Å². The largest absolute Gasteiger partial charge is 0.478 e. The Bertz CT molecular complexity index is 480. The van der Waals surface area contributed by atoms with E-state index in [0.717, 1.165) is 24.5 Å². The number of rotatable bonds is 6. The predicted octanol–water partition coefficient (Wildman–Crippen LogP) is 3.16. The van der Waals surface area contributed by atoms with Crippen LogP contribution in [-0.2, 0) is 9.59 Å². The number of carbonyl (C=O) groups is 2. The lowest BCUT2D eigenvalue weighted by Crippen LogP contribution is -2.20. The Morgan fingerprint density at radius 2 is 2.16 bits per heavy atom. The molecule has 1 unspecified atom stereocenters. The molecule has 1 amide bonds. The van der Waals surface area contributed by atoms with Crippen molar-refractivity contribution in [2.45, 2.75) is 26.7 Å². The van der Waals surface area contributed by atoms with Crippen LogP contribution in [0.2, 0.25) is 0 Å². The van der Waals surface area contributed by atoms with E-state index in [1.165, 1.54) is 6.08 Å². The summed E-state index contributed by atoms with van der Waals surface area (Å²) in [5.74, 6) is -1.03. The van der Waals surface area contributed by atoms with Crippen LogP contribution in [0, 0.1) is 5.92 Å². The van der Waals surface area contributed by atoms with E-state index in [9.17, 15) is 9.59 Å². The molecule has 0 aromatic heterocycles. The van der Waals surface area contributed by atoms with Crippen LogP contribution in [-0.4, -0.2) is 17.0 Å². The first-order valence-electron chi connectivity index (χ1n) is 6.35. The molecule has 1 rings (SSSR count). The number of amides is 1. The molecule has 4 heteroatoms. The third-order valence-electron chi connectivity index (χ3n) is 2.74. The van der Waals surface area contributed by atoms with Gasteiger partial charge in [0.2, 0.25) is 5.91 Å². The summed E-state index contributed by atoms with van der Waals surface area (Å²) in [6.45, 7) is 3.94. The van der Waals surface area contributed by atoms with Gasteiger partial charge in [0.15, 0.2) is 0 Å². The average molecular weight is 261 g/mol. The molecule has 1 atom stereocenters. The quantitative estimate of drug-likeness (QED) is 0.773. The van der Waals surface area contributed by atoms with Crippen LogP contribution in [0.1, 0.15) is 32.3 Å². The topological polar surface area (TPSA) is 66.4 Å². The molecule has 19 heavy (non-hydrogen) atoms. The summed E-state index contributed by atoms with van der Waals surface area (Å²) >= 11 is 0. The second-order valence-corrected chi connectivity index (χ2v) is 4.48. The van der Waals surface area contributed by atoms with Gasteiger partial charge in [0.25, 0.3) is 0 Å². The molecule has 0 fully saturated rings. The molecule has 0 saturated carbocycles. The van der Waals surface area contributed by atoms with Crippen molar-refractivity contribution in [2.24, 2.45) is 5.92 Å². The predicted molar refractivity (Wildman–Crippen MR) is 75.8 cm³/mol. The second kappa shape index (κ2) is 7.36. The zero-order valence-corrected chi connectivity index (χ0v) is 11.2. The molecule has 2 N–H and O–H groups in total. The van der Waals surface area contributed by atoms with Gasteiger partial charge < -0.3 is 10.4 Å². The monoisotopic (exact) mass is 261 g/mol. The number of hydrogen-bond acceptors (Lipinski definition) is 2. The first kappa shape index (κ1) is 15.0. The van der Waals surface area contributed by atoms with E-state index in [-0.39, 0.29) is 11.8 Å². The maximum absolute atomic E-state index is 11.9. The van der Waals surface area contributed by atoms with Crippen LogP contribution < -0.4 is 5.32 Å². The molecule has 0 aliphatic heterocycles. The lowest BCUT2D eigenvalue weighted by molar-refractivity contribution is -0.131. The Morgan fingerprint density at radius 1 is 1.42 bits per heavy atom. The van der Waals surface area contributed by atoms with Gasteiger partial charge in [-0.3, -0.25) is 4.79 Å². The van der Waals surface area contributed by atoms with Gasteiger partial charge in [-0.1, -0.05) is 32.4 Å². The maximum Gasteiger partial charge on any atom is 0.328 e. The highest BCUT2D eigenvalue weighted by Gasteiger charge is 2.11. The number of benzene rings is 1. The SMILES string of the molecule is CCCC(C)C(=O)Nc1cccc(/C=C/C(=O)O)c1. The molecule has 0 spiro atoms. The van der Waals surface area contributed by atoms with Crippen LogP contribution in [0.15, 0.2) is 30.3 Å². The van der Waals surface area contributed by atoms with Crippen LogP contribution in [0.25, 0.3) is 6.08 Å². The van der Waals surface area contributed by atoms with Crippen molar-refractivity contribution in [3.05, 3.63) is 35.9 Å². The smallest absolute Gasteiger partial charge is 0.328 e. The van der Waals surface area contributed by atoms with Crippen LogP contribution in [0.4, 0.5) is 5.69 Å². The molecule has 0 aliphatic carbocycles. The van der Waals surface area contributed by atoms with E-state index in [2.05, 4.69) is 5.32 Å². The van der Waals surface area contributed by atoms with Gasteiger partial charge in [0, 0.05) is 17.7 Å². The summed E-state index contributed by atoms with van der Waals surface area (Å²) < 4.78 is 0.